The van der Waals surface area contributed by atoms with Crippen LogP contribution < -0.4 is 0 Å². The van der Waals surface area contributed by atoms with Crippen molar-refractivity contribution in [1.29, 1.82) is 5.26 Å². The summed E-state index contributed by atoms with van der Waals surface area (Å²) in [7, 11) is -3.89. The highest BCUT2D eigenvalue weighted by Gasteiger charge is 2.31. The van der Waals surface area contributed by atoms with E-state index >= 15 is 0 Å². The molecule has 0 heterocycles. The number of halogens is 3. The van der Waals surface area contributed by atoms with Gasteiger partial charge in [0.05, 0.1) is 16.5 Å². The molecule has 1 atom stereocenters. The van der Waals surface area contributed by atoms with Crippen molar-refractivity contribution < 1.29 is 21.6 Å². The van der Waals surface area contributed by atoms with Gasteiger partial charge in [0, 0.05) is 0 Å². The van der Waals surface area contributed by atoms with Crippen molar-refractivity contribution in [3.05, 3.63) is 29.8 Å². The molecular formula is C11H10F3NO2S. The zero-order valence-electron chi connectivity index (χ0n) is 9.40. The van der Waals surface area contributed by atoms with Crippen LogP contribution in [0.15, 0.2) is 29.2 Å². The minimum absolute atomic E-state index is 0.0832. The smallest absolute Gasteiger partial charge is 0.222 e. The van der Waals surface area contributed by atoms with Crippen LogP contribution in [-0.4, -0.2) is 13.7 Å². The summed E-state index contributed by atoms with van der Waals surface area (Å²) < 4.78 is 60.6. The fraction of sp³-hybridized carbons (Fsp3) is 0.364. The summed E-state index contributed by atoms with van der Waals surface area (Å²) in [6, 6.07) is 4.75. The van der Waals surface area contributed by atoms with Gasteiger partial charge < -0.3 is 0 Å². The minimum atomic E-state index is -4.51. The quantitative estimate of drug-likeness (QED) is 0.853. The Morgan fingerprint density at radius 1 is 1.28 bits per heavy atom. The van der Waals surface area contributed by atoms with E-state index in [2.05, 4.69) is 0 Å². The van der Waals surface area contributed by atoms with Crippen LogP contribution in [0.25, 0.3) is 0 Å². The van der Waals surface area contributed by atoms with Crippen LogP contribution >= 0.6 is 0 Å². The highest BCUT2D eigenvalue weighted by molar-refractivity contribution is 7.92. The molecule has 0 amide bonds. The Morgan fingerprint density at radius 3 is 2.11 bits per heavy atom. The van der Waals surface area contributed by atoms with Gasteiger partial charge in [-0.15, -0.1) is 0 Å². The molecule has 0 aromatic heterocycles. The average Bonchev–Trinajstić information content (AvgIpc) is 2.29. The lowest BCUT2D eigenvalue weighted by molar-refractivity contribution is -0.137. The average molecular weight is 277 g/mol. The van der Waals surface area contributed by atoms with E-state index in [9.17, 15) is 21.6 Å². The van der Waals surface area contributed by atoms with E-state index in [1.807, 2.05) is 0 Å². The molecule has 7 heteroatoms. The molecule has 18 heavy (non-hydrogen) atoms. The summed E-state index contributed by atoms with van der Waals surface area (Å²) in [5.74, 6) is 0. The Bertz CT molecular complexity index is 555. The molecule has 98 valence electrons. The van der Waals surface area contributed by atoms with Crippen molar-refractivity contribution in [1.82, 2.24) is 0 Å². The number of hydrogen-bond donors (Lipinski definition) is 0. The van der Waals surface area contributed by atoms with Crippen molar-refractivity contribution in [2.24, 2.45) is 0 Å². The molecule has 3 nitrogen and oxygen atoms in total. The van der Waals surface area contributed by atoms with E-state index in [4.69, 9.17) is 5.26 Å². The lowest BCUT2D eigenvalue weighted by Gasteiger charge is -2.10. The first-order valence-electron chi connectivity index (χ1n) is 5.04. The Kier molecular flexibility index (Phi) is 4.02. The van der Waals surface area contributed by atoms with E-state index in [1.54, 1.807) is 6.07 Å². The first-order chi connectivity index (χ1) is 8.23. The third-order valence-corrected chi connectivity index (χ3v) is 4.52. The van der Waals surface area contributed by atoms with E-state index in [1.165, 1.54) is 6.92 Å². The number of nitrogens with zero attached hydrogens (tertiary/aromatic N) is 1. The molecule has 0 aliphatic carbocycles. The summed E-state index contributed by atoms with van der Waals surface area (Å²) in [6.07, 6.45) is -4.43. The lowest BCUT2D eigenvalue weighted by atomic mass is 10.2. The monoisotopic (exact) mass is 277 g/mol. The molecule has 0 radical (unpaired) electrons. The third kappa shape index (κ3) is 2.82. The Labute approximate surface area is 103 Å². The standard InChI is InChI=1S/C11H10F3NO2S/c1-2-9(7-15)18(16,17)10-5-3-8(4-6-10)11(12,13)14/h3-6,9H,2H2,1H3. The van der Waals surface area contributed by atoms with Gasteiger partial charge in [0.25, 0.3) is 0 Å². The maximum absolute atomic E-state index is 12.3. The fourth-order valence-electron chi connectivity index (χ4n) is 1.38. The topological polar surface area (TPSA) is 57.9 Å². The molecule has 1 aromatic rings. The van der Waals surface area contributed by atoms with Crippen molar-refractivity contribution in [3.63, 3.8) is 0 Å². The molecule has 0 aliphatic heterocycles. The van der Waals surface area contributed by atoms with Crippen LogP contribution in [0.2, 0.25) is 0 Å². The molecule has 0 N–H and O–H groups in total. The first-order valence-corrected chi connectivity index (χ1v) is 6.59. The summed E-state index contributed by atoms with van der Waals surface area (Å²) in [5.41, 5.74) is -0.925. The molecule has 0 spiro atoms. The molecule has 1 rings (SSSR count). The number of hydrogen-bond acceptors (Lipinski definition) is 3. The van der Waals surface area contributed by atoms with Gasteiger partial charge in [0.15, 0.2) is 15.1 Å². The number of alkyl halides is 3. The maximum atomic E-state index is 12.3. The largest absolute Gasteiger partial charge is 0.416 e. The fourth-order valence-corrected chi connectivity index (χ4v) is 2.80. The molecule has 0 fully saturated rings. The molecule has 1 unspecified atom stereocenters. The summed E-state index contributed by atoms with van der Waals surface area (Å²) >= 11 is 0. The van der Waals surface area contributed by atoms with Gasteiger partial charge >= 0.3 is 6.18 Å². The second-order valence-corrected chi connectivity index (χ2v) is 5.72. The van der Waals surface area contributed by atoms with E-state index < -0.39 is 26.8 Å². The molecule has 0 bridgehead atoms. The van der Waals surface area contributed by atoms with E-state index in [-0.39, 0.29) is 11.3 Å². The summed E-state index contributed by atoms with van der Waals surface area (Å²) in [5, 5.41) is 7.46. The van der Waals surface area contributed by atoms with Crippen LogP contribution in [-0.2, 0) is 16.0 Å². The summed E-state index contributed by atoms with van der Waals surface area (Å²) in [6.45, 7) is 1.52. The highest BCUT2D eigenvalue weighted by atomic mass is 32.2. The van der Waals surface area contributed by atoms with E-state index in [0.29, 0.717) is 12.1 Å². The van der Waals surface area contributed by atoms with Gasteiger partial charge in [-0.1, -0.05) is 6.92 Å². The second kappa shape index (κ2) is 4.98. The Hall–Kier alpha value is -1.55. The van der Waals surface area contributed by atoms with Crippen LogP contribution in [0.4, 0.5) is 13.2 Å². The Balaban J connectivity index is 3.18. The minimum Gasteiger partial charge on any atom is -0.222 e. The Morgan fingerprint density at radius 2 is 1.78 bits per heavy atom. The summed E-state index contributed by atoms with van der Waals surface area (Å²) in [4.78, 5) is -0.274. The maximum Gasteiger partial charge on any atom is 0.416 e. The zero-order valence-corrected chi connectivity index (χ0v) is 10.2. The lowest BCUT2D eigenvalue weighted by Crippen LogP contribution is -2.19. The molecule has 0 saturated heterocycles. The third-order valence-electron chi connectivity index (χ3n) is 2.40. The van der Waals surface area contributed by atoms with Crippen molar-refractivity contribution in [2.75, 3.05) is 0 Å². The molecule has 0 aliphatic rings. The first kappa shape index (κ1) is 14.5. The van der Waals surface area contributed by atoms with Crippen LogP contribution in [0.5, 0.6) is 0 Å². The number of nitriles is 1. The second-order valence-electron chi connectivity index (χ2n) is 3.59. The van der Waals surface area contributed by atoms with Gasteiger partial charge in [-0.05, 0) is 30.7 Å². The predicted octanol–water partition coefficient (Wildman–Crippen LogP) is 2.78. The number of benzene rings is 1. The SMILES string of the molecule is CCC(C#N)S(=O)(=O)c1ccc(C(F)(F)F)cc1. The van der Waals surface area contributed by atoms with Gasteiger partial charge in [0.1, 0.15) is 0 Å². The molecular weight excluding hydrogens is 267 g/mol. The molecule has 0 saturated carbocycles. The van der Waals surface area contributed by atoms with Crippen molar-refractivity contribution in [2.45, 2.75) is 29.7 Å². The van der Waals surface area contributed by atoms with Gasteiger partial charge in [-0.25, -0.2) is 8.42 Å². The van der Waals surface area contributed by atoms with Gasteiger partial charge in [-0.2, -0.15) is 18.4 Å². The number of rotatable bonds is 3. The van der Waals surface area contributed by atoms with Crippen LogP contribution in [0.1, 0.15) is 18.9 Å². The van der Waals surface area contributed by atoms with E-state index in [0.717, 1.165) is 12.1 Å². The molecule has 1 aromatic carbocycles. The van der Waals surface area contributed by atoms with Gasteiger partial charge in [-0.3, -0.25) is 0 Å². The zero-order chi connectivity index (χ0) is 14.0. The van der Waals surface area contributed by atoms with Gasteiger partial charge in [0.2, 0.25) is 0 Å². The number of sulfone groups is 1. The highest BCUT2D eigenvalue weighted by Crippen LogP contribution is 2.30. The van der Waals surface area contributed by atoms with Crippen molar-refractivity contribution >= 4 is 9.84 Å². The predicted molar refractivity (Wildman–Crippen MR) is 58.3 cm³/mol. The normalized spacial score (nSPS) is 13.9. The van der Waals surface area contributed by atoms with Crippen molar-refractivity contribution in [3.8, 4) is 6.07 Å². The van der Waals surface area contributed by atoms with Crippen LogP contribution in [0.3, 0.4) is 0 Å². The van der Waals surface area contributed by atoms with Crippen LogP contribution in [0, 0.1) is 11.3 Å².